The maximum Gasteiger partial charge on any atom is 0.264 e. The standard InChI is InChI=1S/C25H28N2O3S/c1-20(2)22-14-16-23(17-15-22)27(31(29,30)24-12-8-5-9-13-24)19-25(28)26(3)18-21-10-6-4-7-11-21/h4-17,20H,18-19H2,1-3H3. The third-order valence-corrected chi connectivity index (χ3v) is 6.93. The molecule has 0 aliphatic carbocycles. The van der Waals surface area contributed by atoms with E-state index in [0.717, 1.165) is 11.1 Å². The quantitative estimate of drug-likeness (QED) is 0.516. The molecule has 0 radical (unpaired) electrons. The second kappa shape index (κ2) is 9.79. The Labute approximate surface area is 185 Å². The molecular weight excluding hydrogens is 408 g/mol. The molecule has 0 saturated carbocycles. The molecule has 3 rings (SSSR count). The van der Waals surface area contributed by atoms with Gasteiger partial charge in [-0.05, 0) is 41.3 Å². The van der Waals surface area contributed by atoms with Crippen molar-refractivity contribution in [1.82, 2.24) is 4.90 Å². The number of likely N-dealkylation sites (N-methyl/N-ethyl adjacent to an activating group) is 1. The van der Waals surface area contributed by atoms with Crippen LogP contribution in [0.3, 0.4) is 0 Å². The maximum atomic E-state index is 13.4. The molecule has 0 bridgehead atoms. The monoisotopic (exact) mass is 436 g/mol. The van der Waals surface area contributed by atoms with Crippen LogP contribution in [-0.2, 0) is 21.4 Å². The minimum atomic E-state index is -3.90. The summed E-state index contributed by atoms with van der Waals surface area (Å²) in [7, 11) is -2.22. The minimum absolute atomic E-state index is 0.154. The Morgan fingerprint density at radius 1 is 0.839 bits per heavy atom. The smallest absolute Gasteiger partial charge is 0.264 e. The summed E-state index contributed by atoms with van der Waals surface area (Å²) in [5, 5.41) is 0. The van der Waals surface area contributed by atoms with Crippen molar-refractivity contribution in [1.29, 1.82) is 0 Å². The molecular formula is C25H28N2O3S. The topological polar surface area (TPSA) is 57.7 Å². The Morgan fingerprint density at radius 2 is 1.39 bits per heavy atom. The number of amides is 1. The van der Waals surface area contributed by atoms with E-state index in [1.54, 1.807) is 54.4 Å². The molecule has 5 nitrogen and oxygen atoms in total. The van der Waals surface area contributed by atoms with E-state index in [1.807, 2.05) is 42.5 Å². The average molecular weight is 437 g/mol. The van der Waals surface area contributed by atoms with Gasteiger partial charge < -0.3 is 4.90 Å². The minimum Gasteiger partial charge on any atom is -0.340 e. The predicted octanol–water partition coefficient (Wildman–Crippen LogP) is 4.66. The fraction of sp³-hybridized carbons (Fsp3) is 0.240. The lowest BCUT2D eigenvalue weighted by Gasteiger charge is -2.27. The Kier molecular flexibility index (Phi) is 7.13. The van der Waals surface area contributed by atoms with Crippen LogP contribution < -0.4 is 4.31 Å². The second-order valence-corrected chi connectivity index (χ2v) is 9.67. The lowest BCUT2D eigenvalue weighted by Crippen LogP contribution is -2.41. The molecule has 3 aromatic rings. The lowest BCUT2D eigenvalue weighted by molar-refractivity contribution is -0.128. The van der Waals surface area contributed by atoms with E-state index in [2.05, 4.69) is 13.8 Å². The van der Waals surface area contributed by atoms with E-state index in [-0.39, 0.29) is 17.3 Å². The number of anilines is 1. The van der Waals surface area contributed by atoms with E-state index >= 15 is 0 Å². The van der Waals surface area contributed by atoms with Crippen molar-refractivity contribution >= 4 is 21.6 Å². The zero-order valence-corrected chi connectivity index (χ0v) is 18.9. The van der Waals surface area contributed by atoms with Crippen molar-refractivity contribution in [3.63, 3.8) is 0 Å². The molecule has 0 N–H and O–H groups in total. The highest BCUT2D eigenvalue weighted by molar-refractivity contribution is 7.92. The number of carbonyl (C=O) groups is 1. The molecule has 0 spiro atoms. The van der Waals surface area contributed by atoms with Gasteiger partial charge in [0.25, 0.3) is 10.0 Å². The molecule has 0 saturated heterocycles. The third kappa shape index (κ3) is 5.52. The first-order valence-corrected chi connectivity index (χ1v) is 11.7. The zero-order valence-electron chi connectivity index (χ0n) is 18.1. The first kappa shape index (κ1) is 22.6. The number of hydrogen-bond acceptors (Lipinski definition) is 3. The van der Waals surface area contributed by atoms with Crippen LogP contribution in [-0.4, -0.2) is 32.8 Å². The molecule has 3 aromatic carbocycles. The Bertz CT molecular complexity index is 1100. The maximum absolute atomic E-state index is 13.4. The molecule has 0 aromatic heterocycles. The van der Waals surface area contributed by atoms with Crippen LogP contribution in [0, 0.1) is 0 Å². The normalized spacial score (nSPS) is 11.4. The highest BCUT2D eigenvalue weighted by Gasteiger charge is 2.28. The van der Waals surface area contributed by atoms with Crippen molar-refractivity contribution in [2.45, 2.75) is 31.2 Å². The Hall–Kier alpha value is -3.12. The van der Waals surface area contributed by atoms with E-state index in [4.69, 9.17) is 0 Å². The summed E-state index contributed by atoms with van der Waals surface area (Å²) < 4.78 is 28.0. The van der Waals surface area contributed by atoms with Crippen LogP contribution in [0.15, 0.2) is 89.8 Å². The van der Waals surface area contributed by atoms with Gasteiger partial charge in [-0.3, -0.25) is 9.10 Å². The molecule has 0 aliphatic rings. The van der Waals surface area contributed by atoms with Crippen molar-refractivity contribution in [2.75, 3.05) is 17.9 Å². The molecule has 0 unspecified atom stereocenters. The average Bonchev–Trinajstić information content (AvgIpc) is 2.78. The third-order valence-electron chi connectivity index (χ3n) is 5.15. The van der Waals surface area contributed by atoms with Gasteiger partial charge in [-0.1, -0.05) is 74.5 Å². The molecule has 0 fully saturated rings. The van der Waals surface area contributed by atoms with Gasteiger partial charge in [-0.2, -0.15) is 0 Å². The predicted molar refractivity (Wildman–Crippen MR) is 124 cm³/mol. The van der Waals surface area contributed by atoms with Gasteiger partial charge in [-0.25, -0.2) is 8.42 Å². The van der Waals surface area contributed by atoms with Gasteiger partial charge in [0.15, 0.2) is 0 Å². The Morgan fingerprint density at radius 3 is 1.94 bits per heavy atom. The number of sulfonamides is 1. The zero-order chi connectivity index (χ0) is 22.4. The number of carbonyl (C=O) groups excluding carboxylic acids is 1. The fourth-order valence-corrected chi connectivity index (χ4v) is 4.68. The molecule has 162 valence electrons. The number of rotatable bonds is 8. The van der Waals surface area contributed by atoms with Gasteiger partial charge >= 0.3 is 0 Å². The lowest BCUT2D eigenvalue weighted by atomic mass is 10.0. The van der Waals surface area contributed by atoms with Crippen molar-refractivity contribution in [3.8, 4) is 0 Å². The van der Waals surface area contributed by atoms with Crippen LogP contribution in [0.4, 0.5) is 5.69 Å². The van der Waals surface area contributed by atoms with E-state index in [1.165, 1.54) is 4.31 Å². The SMILES string of the molecule is CC(C)c1ccc(N(CC(=O)N(C)Cc2ccccc2)S(=O)(=O)c2ccccc2)cc1. The van der Waals surface area contributed by atoms with Gasteiger partial charge in [0, 0.05) is 13.6 Å². The molecule has 0 heterocycles. The first-order chi connectivity index (χ1) is 14.8. The molecule has 1 amide bonds. The molecule has 0 atom stereocenters. The summed E-state index contributed by atoms with van der Waals surface area (Å²) >= 11 is 0. The first-order valence-electron chi connectivity index (χ1n) is 10.2. The fourth-order valence-electron chi connectivity index (χ4n) is 3.25. The summed E-state index contributed by atoms with van der Waals surface area (Å²) in [5.74, 6) is 0.0446. The summed E-state index contributed by atoms with van der Waals surface area (Å²) in [4.78, 5) is 14.7. The number of nitrogens with zero attached hydrogens (tertiary/aromatic N) is 2. The van der Waals surface area contributed by atoms with Crippen molar-refractivity contribution in [3.05, 3.63) is 96.1 Å². The van der Waals surface area contributed by atoms with E-state index in [9.17, 15) is 13.2 Å². The van der Waals surface area contributed by atoms with Gasteiger partial charge in [0.2, 0.25) is 5.91 Å². The van der Waals surface area contributed by atoms with Crippen molar-refractivity contribution < 1.29 is 13.2 Å². The summed E-state index contributed by atoms with van der Waals surface area (Å²) in [5.41, 5.74) is 2.56. The summed E-state index contributed by atoms with van der Waals surface area (Å²) in [6.07, 6.45) is 0. The van der Waals surface area contributed by atoms with Crippen LogP contribution in [0.1, 0.15) is 30.9 Å². The molecule has 0 aliphatic heterocycles. The van der Waals surface area contributed by atoms with Gasteiger partial charge in [0.1, 0.15) is 6.54 Å². The van der Waals surface area contributed by atoms with Gasteiger partial charge in [0.05, 0.1) is 10.6 Å². The number of benzene rings is 3. The molecule has 6 heteroatoms. The molecule has 31 heavy (non-hydrogen) atoms. The van der Waals surface area contributed by atoms with Gasteiger partial charge in [-0.15, -0.1) is 0 Å². The number of hydrogen-bond donors (Lipinski definition) is 0. The summed E-state index contributed by atoms with van der Waals surface area (Å²) in [6.45, 7) is 4.29. The van der Waals surface area contributed by atoms with Crippen molar-refractivity contribution in [2.24, 2.45) is 0 Å². The highest BCUT2D eigenvalue weighted by Crippen LogP contribution is 2.26. The Balaban J connectivity index is 1.91. The van der Waals surface area contributed by atoms with E-state index < -0.39 is 10.0 Å². The largest absolute Gasteiger partial charge is 0.340 e. The van der Waals surface area contributed by atoms with Crippen LogP contribution in [0.2, 0.25) is 0 Å². The summed E-state index contributed by atoms with van der Waals surface area (Å²) in [6, 6.07) is 25.2. The van der Waals surface area contributed by atoms with Crippen LogP contribution in [0.5, 0.6) is 0 Å². The second-order valence-electron chi connectivity index (χ2n) is 7.81. The van der Waals surface area contributed by atoms with E-state index in [0.29, 0.717) is 18.2 Å². The van der Waals surface area contributed by atoms with Crippen LogP contribution in [0.25, 0.3) is 0 Å². The highest BCUT2D eigenvalue weighted by atomic mass is 32.2. The van der Waals surface area contributed by atoms with Crippen LogP contribution >= 0.6 is 0 Å².